The summed E-state index contributed by atoms with van der Waals surface area (Å²) in [5, 5.41) is 8.88. The molecule has 5 heteroatoms. The van der Waals surface area contributed by atoms with Gasteiger partial charge in [0.1, 0.15) is 17.3 Å². The lowest BCUT2D eigenvalue weighted by Gasteiger charge is -2.08. The SMILES string of the molecule is Cc1cc(Oc2ccc(F)c(Cl)c2)ccc1C(=O)O. The lowest BCUT2D eigenvalue weighted by atomic mass is 10.1. The summed E-state index contributed by atoms with van der Waals surface area (Å²) in [7, 11) is 0. The first-order valence-electron chi connectivity index (χ1n) is 5.44. The number of aryl methyl sites for hydroxylation is 1. The molecule has 0 saturated carbocycles. The molecule has 0 radical (unpaired) electrons. The average Bonchev–Trinajstić information content (AvgIpc) is 2.33. The second-order valence-electron chi connectivity index (χ2n) is 3.96. The topological polar surface area (TPSA) is 46.5 Å². The van der Waals surface area contributed by atoms with Crippen molar-refractivity contribution >= 4 is 17.6 Å². The van der Waals surface area contributed by atoms with Crippen LogP contribution >= 0.6 is 11.6 Å². The monoisotopic (exact) mass is 280 g/mol. The van der Waals surface area contributed by atoms with Gasteiger partial charge in [0, 0.05) is 6.07 Å². The number of aromatic carboxylic acids is 1. The number of carbonyl (C=O) groups is 1. The Balaban J connectivity index is 2.26. The van der Waals surface area contributed by atoms with Crippen LogP contribution in [0.4, 0.5) is 4.39 Å². The van der Waals surface area contributed by atoms with Gasteiger partial charge in [0.05, 0.1) is 10.6 Å². The number of hydrogen-bond donors (Lipinski definition) is 1. The summed E-state index contributed by atoms with van der Waals surface area (Å²) in [5.74, 6) is -0.667. The Morgan fingerprint density at radius 2 is 1.84 bits per heavy atom. The molecule has 0 heterocycles. The quantitative estimate of drug-likeness (QED) is 0.913. The summed E-state index contributed by atoms with van der Waals surface area (Å²) in [4.78, 5) is 10.9. The zero-order valence-electron chi connectivity index (χ0n) is 9.98. The summed E-state index contributed by atoms with van der Waals surface area (Å²) in [6.07, 6.45) is 0. The van der Waals surface area contributed by atoms with Gasteiger partial charge < -0.3 is 9.84 Å². The van der Waals surface area contributed by atoms with Crippen molar-refractivity contribution in [1.29, 1.82) is 0 Å². The normalized spacial score (nSPS) is 10.3. The highest BCUT2D eigenvalue weighted by atomic mass is 35.5. The molecule has 0 aliphatic carbocycles. The van der Waals surface area contributed by atoms with Gasteiger partial charge in [0.25, 0.3) is 0 Å². The van der Waals surface area contributed by atoms with Gasteiger partial charge in [-0.25, -0.2) is 9.18 Å². The molecule has 1 N–H and O–H groups in total. The van der Waals surface area contributed by atoms with Gasteiger partial charge >= 0.3 is 5.97 Å². The molecule has 0 fully saturated rings. The van der Waals surface area contributed by atoms with Crippen molar-refractivity contribution in [1.82, 2.24) is 0 Å². The molecule has 0 amide bonds. The number of ether oxygens (including phenoxy) is 1. The van der Waals surface area contributed by atoms with Gasteiger partial charge in [0.2, 0.25) is 0 Å². The van der Waals surface area contributed by atoms with Crippen molar-refractivity contribution in [2.45, 2.75) is 6.92 Å². The van der Waals surface area contributed by atoms with Crippen LogP contribution in [0.15, 0.2) is 36.4 Å². The van der Waals surface area contributed by atoms with Crippen molar-refractivity contribution in [3.05, 3.63) is 58.4 Å². The zero-order valence-corrected chi connectivity index (χ0v) is 10.7. The lowest BCUT2D eigenvalue weighted by molar-refractivity contribution is 0.0696. The third kappa shape index (κ3) is 3.03. The Kier molecular flexibility index (Phi) is 3.71. The molecule has 0 atom stereocenters. The van der Waals surface area contributed by atoms with Crippen LogP contribution in [0, 0.1) is 12.7 Å². The third-order valence-corrected chi connectivity index (χ3v) is 2.84. The van der Waals surface area contributed by atoms with Gasteiger partial charge in [-0.3, -0.25) is 0 Å². The molecular formula is C14H10ClFO3. The highest BCUT2D eigenvalue weighted by Crippen LogP contribution is 2.27. The van der Waals surface area contributed by atoms with Crippen LogP contribution in [0.3, 0.4) is 0 Å². The minimum Gasteiger partial charge on any atom is -0.478 e. The van der Waals surface area contributed by atoms with E-state index in [2.05, 4.69) is 0 Å². The molecule has 0 aliphatic rings. The molecule has 2 aromatic rings. The summed E-state index contributed by atoms with van der Waals surface area (Å²) in [5.41, 5.74) is 0.794. The van der Waals surface area contributed by atoms with Crippen molar-refractivity contribution in [2.24, 2.45) is 0 Å². The molecule has 0 spiro atoms. The van der Waals surface area contributed by atoms with Crippen LogP contribution in [-0.4, -0.2) is 11.1 Å². The molecule has 0 aliphatic heterocycles. The van der Waals surface area contributed by atoms with E-state index in [0.29, 0.717) is 17.1 Å². The average molecular weight is 281 g/mol. The standard InChI is InChI=1S/C14H10ClFO3/c1-8-6-9(2-4-11(8)14(17)18)19-10-3-5-13(16)12(15)7-10/h2-7H,1H3,(H,17,18). The third-order valence-electron chi connectivity index (χ3n) is 2.56. The van der Waals surface area contributed by atoms with Crippen LogP contribution in [0.5, 0.6) is 11.5 Å². The fourth-order valence-corrected chi connectivity index (χ4v) is 1.79. The van der Waals surface area contributed by atoms with E-state index in [1.807, 2.05) is 0 Å². The molecule has 2 aromatic carbocycles. The first-order chi connectivity index (χ1) is 8.97. The van der Waals surface area contributed by atoms with Gasteiger partial charge in [-0.2, -0.15) is 0 Å². The minimum absolute atomic E-state index is 0.0311. The number of hydrogen-bond acceptors (Lipinski definition) is 2. The summed E-state index contributed by atoms with van der Waals surface area (Å²) in [6.45, 7) is 1.67. The van der Waals surface area contributed by atoms with Crippen molar-refractivity contribution < 1.29 is 19.0 Å². The lowest BCUT2D eigenvalue weighted by Crippen LogP contribution is -1.99. The van der Waals surface area contributed by atoms with E-state index in [9.17, 15) is 9.18 Å². The van der Waals surface area contributed by atoms with Crippen molar-refractivity contribution in [3.63, 3.8) is 0 Å². The second kappa shape index (κ2) is 5.28. The molecule has 3 nitrogen and oxygen atoms in total. The number of carboxylic acids is 1. The molecule has 0 aromatic heterocycles. The fraction of sp³-hybridized carbons (Fsp3) is 0.0714. The number of benzene rings is 2. The zero-order chi connectivity index (χ0) is 14.0. The largest absolute Gasteiger partial charge is 0.478 e. The first kappa shape index (κ1) is 13.4. The van der Waals surface area contributed by atoms with Crippen LogP contribution in [0.1, 0.15) is 15.9 Å². The Morgan fingerprint density at radius 3 is 2.42 bits per heavy atom. The summed E-state index contributed by atoms with van der Waals surface area (Å²) < 4.78 is 18.5. The fourth-order valence-electron chi connectivity index (χ4n) is 1.62. The smallest absolute Gasteiger partial charge is 0.335 e. The van der Waals surface area contributed by atoms with E-state index in [0.717, 1.165) is 0 Å². The summed E-state index contributed by atoms with van der Waals surface area (Å²) >= 11 is 5.65. The molecule has 19 heavy (non-hydrogen) atoms. The first-order valence-corrected chi connectivity index (χ1v) is 5.82. The Morgan fingerprint density at radius 1 is 1.21 bits per heavy atom. The maximum Gasteiger partial charge on any atom is 0.335 e. The minimum atomic E-state index is -0.992. The predicted octanol–water partition coefficient (Wildman–Crippen LogP) is 4.28. The predicted molar refractivity (Wildman–Crippen MR) is 69.6 cm³/mol. The summed E-state index contributed by atoms with van der Waals surface area (Å²) in [6, 6.07) is 8.60. The molecule has 98 valence electrons. The van der Waals surface area contributed by atoms with Crippen LogP contribution in [0.2, 0.25) is 5.02 Å². The van der Waals surface area contributed by atoms with Gasteiger partial charge in [-0.05, 0) is 42.8 Å². The van der Waals surface area contributed by atoms with E-state index in [1.54, 1.807) is 13.0 Å². The van der Waals surface area contributed by atoms with Gasteiger partial charge in [-0.15, -0.1) is 0 Å². The van der Waals surface area contributed by atoms with Crippen LogP contribution in [0.25, 0.3) is 0 Å². The molecule has 2 rings (SSSR count). The highest BCUT2D eigenvalue weighted by Gasteiger charge is 2.08. The van der Waals surface area contributed by atoms with Gasteiger partial charge in [-0.1, -0.05) is 11.6 Å². The van der Waals surface area contributed by atoms with Gasteiger partial charge in [0.15, 0.2) is 0 Å². The Bertz CT molecular complexity index is 641. The maximum atomic E-state index is 13.0. The molecule has 0 bridgehead atoms. The van der Waals surface area contributed by atoms with E-state index >= 15 is 0 Å². The molecule has 0 saturated heterocycles. The van der Waals surface area contributed by atoms with E-state index in [4.69, 9.17) is 21.4 Å². The Hall–Kier alpha value is -2.07. The van der Waals surface area contributed by atoms with E-state index in [1.165, 1.54) is 30.3 Å². The maximum absolute atomic E-state index is 13.0. The van der Waals surface area contributed by atoms with E-state index < -0.39 is 11.8 Å². The van der Waals surface area contributed by atoms with Crippen LogP contribution < -0.4 is 4.74 Å². The number of carboxylic acid groups (broad SMARTS) is 1. The van der Waals surface area contributed by atoms with E-state index in [-0.39, 0.29) is 10.6 Å². The highest BCUT2D eigenvalue weighted by molar-refractivity contribution is 6.30. The van der Waals surface area contributed by atoms with Crippen molar-refractivity contribution in [2.75, 3.05) is 0 Å². The van der Waals surface area contributed by atoms with Crippen molar-refractivity contribution in [3.8, 4) is 11.5 Å². The van der Waals surface area contributed by atoms with Crippen LogP contribution in [-0.2, 0) is 0 Å². The number of rotatable bonds is 3. The number of halogens is 2. The molecule has 0 unspecified atom stereocenters. The second-order valence-corrected chi connectivity index (χ2v) is 4.37. The Labute approximate surface area is 114 Å². The molecular weight excluding hydrogens is 271 g/mol.